The molecule has 9 nitrogen and oxygen atoms in total. The average Bonchev–Trinajstić information content (AvgIpc) is 3.26. The number of H-pyrrole nitrogens is 1. The smallest absolute Gasteiger partial charge is 0.305 e. The normalized spacial score (nSPS) is 11.1. The lowest BCUT2D eigenvalue weighted by Crippen LogP contribution is -2.12. The van der Waals surface area contributed by atoms with Crippen molar-refractivity contribution >= 4 is 27.9 Å². The maximum Gasteiger partial charge on any atom is 0.305 e. The average molecular weight is 394 g/mol. The number of carbonyl (C=O) groups is 1. The van der Waals surface area contributed by atoms with Gasteiger partial charge in [0.2, 0.25) is 11.3 Å². The molecule has 2 aromatic heterocycles. The number of aromatic amines is 1. The predicted molar refractivity (Wildman–Crippen MR) is 105 cm³/mol. The van der Waals surface area contributed by atoms with Crippen molar-refractivity contribution in [2.75, 3.05) is 13.2 Å². The van der Waals surface area contributed by atoms with E-state index in [0.29, 0.717) is 45.5 Å². The minimum absolute atomic E-state index is 0.155. The predicted octanol–water partition coefficient (Wildman–Crippen LogP) is 2.85. The highest BCUT2D eigenvalue weighted by atomic mass is 16.6. The lowest BCUT2D eigenvalue weighted by Gasteiger charge is -2.08. The Morgan fingerprint density at radius 2 is 2.00 bits per heavy atom. The monoisotopic (exact) mass is 394 g/mol. The van der Waals surface area contributed by atoms with E-state index in [1.165, 1.54) is 0 Å². The highest BCUT2D eigenvalue weighted by Gasteiger charge is 2.12. The molecular weight excluding hydrogens is 376 g/mol. The van der Waals surface area contributed by atoms with Crippen LogP contribution in [0.5, 0.6) is 5.75 Å². The molecule has 0 amide bonds. The van der Waals surface area contributed by atoms with E-state index in [1.807, 2.05) is 6.92 Å². The van der Waals surface area contributed by atoms with E-state index in [1.54, 1.807) is 36.4 Å². The first-order chi connectivity index (χ1) is 14.2. The first-order valence-corrected chi connectivity index (χ1v) is 9.18. The molecule has 4 aromatic rings. The quantitative estimate of drug-likeness (QED) is 0.289. The first-order valence-electron chi connectivity index (χ1n) is 9.18. The maximum atomic E-state index is 12.9. The van der Waals surface area contributed by atoms with Gasteiger partial charge >= 0.3 is 5.97 Å². The third-order valence-electron chi connectivity index (χ3n) is 4.31. The molecule has 0 aliphatic carbocycles. The standard InChI is InChI=1S/C20H18N4O5/c1-2-3-18(25)28-9-8-27-13-5-7-16-15(11-13)19(26)14-6-4-12(10-17(14)29-16)20-21-23-24-22-20/h4-7,10-11H,2-3,8-9H2,1H3,(H,21,22,23,24). The van der Waals surface area contributed by atoms with Gasteiger partial charge in [-0.2, -0.15) is 5.21 Å². The number of benzene rings is 2. The fourth-order valence-electron chi connectivity index (χ4n) is 2.94. The molecule has 9 heteroatoms. The molecular formula is C20H18N4O5. The van der Waals surface area contributed by atoms with Crippen LogP contribution in [0.1, 0.15) is 19.8 Å². The molecule has 2 aromatic carbocycles. The molecule has 0 bridgehead atoms. The van der Waals surface area contributed by atoms with E-state index in [4.69, 9.17) is 13.9 Å². The van der Waals surface area contributed by atoms with E-state index in [0.717, 1.165) is 6.42 Å². The molecule has 4 rings (SSSR count). The summed E-state index contributed by atoms with van der Waals surface area (Å²) in [5.41, 5.74) is 1.39. The summed E-state index contributed by atoms with van der Waals surface area (Å²) < 4.78 is 16.5. The van der Waals surface area contributed by atoms with Crippen molar-refractivity contribution in [3.8, 4) is 17.1 Å². The summed E-state index contributed by atoms with van der Waals surface area (Å²) in [5, 5.41) is 14.6. The van der Waals surface area contributed by atoms with Gasteiger partial charge in [-0.3, -0.25) is 9.59 Å². The second-order valence-corrected chi connectivity index (χ2v) is 6.35. The molecule has 0 atom stereocenters. The molecule has 0 saturated carbocycles. The fraction of sp³-hybridized carbons (Fsp3) is 0.250. The van der Waals surface area contributed by atoms with Gasteiger partial charge in [0.05, 0.1) is 10.8 Å². The Hall–Kier alpha value is -3.75. The van der Waals surface area contributed by atoms with Crippen molar-refractivity contribution in [2.24, 2.45) is 0 Å². The molecule has 148 valence electrons. The Labute approximate surface area is 164 Å². The van der Waals surface area contributed by atoms with Gasteiger partial charge in [-0.05, 0) is 42.0 Å². The molecule has 0 unspecified atom stereocenters. The molecule has 1 N–H and O–H groups in total. The van der Waals surface area contributed by atoms with Crippen molar-refractivity contribution in [3.05, 3.63) is 46.6 Å². The maximum absolute atomic E-state index is 12.9. The summed E-state index contributed by atoms with van der Waals surface area (Å²) in [6.45, 7) is 2.27. The third kappa shape index (κ3) is 3.93. The number of fused-ring (bicyclic) bond motifs is 2. The summed E-state index contributed by atoms with van der Waals surface area (Å²) in [6, 6.07) is 10.1. The lowest BCUT2D eigenvalue weighted by molar-refractivity contribution is -0.144. The van der Waals surface area contributed by atoms with E-state index in [2.05, 4.69) is 20.6 Å². The number of hydrogen-bond acceptors (Lipinski definition) is 8. The molecule has 0 fully saturated rings. The van der Waals surface area contributed by atoms with Crippen molar-refractivity contribution in [3.63, 3.8) is 0 Å². The molecule has 29 heavy (non-hydrogen) atoms. The number of carbonyl (C=O) groups excluding carboxylic acids is 1. The Bertz CT molecular complexity index is 1220. The number of ether oxygens (including phenoxy) is 2. The van der Waals surface area contributed by atoms with Gasteiger partial charge in [-0.1, -0.05) is 13.0 Å². The zero-order valence-electron chi connectivity index (χ0n) is 15.7. The third-order valence-corrected chi connectivity index (χ3v) is 4.31. The Kier molecular flexibility index (Phi) is 5.19. The van der Waals surface area contributed by atoms with E-state index in [-0.39, 0.29) is 24.6 Å². The van der Waals surface area contributed by atoms with Crippen molar-refractivity contribution in [1.29, 1.82) is 0 Å². The number of hydrogen-bond donors (Lipinski definition) is 1. The summed E-state index contributed by atoms with van der Waals surface area (Å²) >= 11 is 0. The number of esters is 1. The van der Waals surface area contributed by atoms with Gasteiger partial charge in [0.1, 0.15) is 30.1 Å². The molecule has 0 saturated heterocycles. The van der Waals surface area contributed by atoms with Crippen molar-refractivity contribution in [1.82, 2.24) is 20.6 Å². The van der Waals surface area contributed by atoms with E-state index < -0.39 is 0 Å². The highest BCUT2D eigenvalue weighted by Crippen LogP contribution is 2.25. The number of rotatable bonds is 7. The van der Waals surface area contributed by atoms with Crippen LogP contribution in [0.25, 0.3) is 33.3 Å². The van der Waals surface area contributed by atoms with Crippen LogP contribution in [0.2, 0.25) is 0 Å². The lowest BCUT2D eigenvalue weighted by atomic mass is 10.1. The van der Waals surface area contributed by atoms with Crippen LogP contribution in [0, 0.1) is 0 Å². The number of nitrogens with zero attached hydrogens (tertiary/aromatic N) is 3. The first kappa shape index (κ1) is 18.6. The van der Waals surface area contributed by atoms with E-state index >= 15 is 0 Å². The molecule has 0 radical (unpaired) electrons. The van der Waals surface area contributed by atoms with Crippen LogP contribution < -0.4 is 10.2 Å². The minimum atomic E-state index is -0.248. The van der Waals surface area contributed by atoms with Crippen LogP contribution in [-0.4, -0.2) is 39.8 Å². The Morgan fingerprint density at radius 1 is 1.10 bits per heavy atom. The number of nitrogens with one attached hydrogen (secondary N) is 1. The highest BCUT2D eigenvalue weighted by molar-refractivity contribution is 5.91. The van der Waals surface area contributed by atoms with Gasteiger partial charge in [0.25, 0.3) is 0 Å². The molecule has 0 aliphatic heterocycles. The summed E-state index contributed by atoms with van der Waals surface area (Å²) in [4.78, 5) is 24.2. The van der Waals surface area contributed by atoms with Gasteiger partial charge in [0, 0.05) is 12.0 Å². The molecule has 2 heterocycles. The summed E-state index contributed by atoms with van der Waals surface area (Å²) in [7, 11) is 0. The van der Waals surface area contributed by atoms with Gasteiger partial charge in [-0.25, -0.2) is 0 Å². The number of tetrazole rings is 1. The fourth-order valence-corrected chi connectivity index (χ4v) is 2.94. The van der Waals surface area contributed by atoms with Crippen LogP contribution in [0.3, 0.4) is 0 Å². The van der Waals surface area contributed by atoms with Crippen molar-refractivity contribution < 1.29 is 18.7 Å². The SMILES string of the molecule is CCCC(=O)OCCOc1ccc2oc3cc(-c4nn[nH]n4)ccc3c(=O)c2c1. The minimum Gasteiger partial charge on any atom is -0.490 e. The zero-order chi connectivity index (χ0) is 20.2. The molecule has 0 spiro atoms. The summed E-state index contributed by atoms with van der Waals surface area (Å²) in [6.07, 6.45) is 1.13. The largest absolute Gasteiger partial charge is 0.490 e. The second kappa shape index (κ2) is 8.09. The summed E-state index contributed by atoms with van der Waals surface area (Å²) in [5.74, 6) is 0.666. The topological polar surface area (TPSA) is 120 Å². The van der Waals surface area contributed by atoms with Crippen LogP contribution in [0.4, 0.5) is 0 Å². The van der Waals surface area contributed by atoms with Crippen molar-refractivity contribution in [2.45, 2.75) is 19.8 Å². The van der Waals surface area contributed by atoms with Crippen LogP contribution in [0.15, 0.2) is 45.6 Å². The number of aromatic nitrogens is 4. The zero-order valence-corrected chi connectivity index (χ0v) is 15.7. The van der Waals surface area contributed by atoms with Crippen LogP contribution >= 0.6 is 0 Å². The van der Waals surface area contributed by atoms with E-state index in [9.17, 15) is 9.59 Å². The van der Waals surface area contributed by atoms with Gasteiger partial charge in [-0.15, -0.1) is 10.2 Å². The Balaban J connectivity index is 1.57. The van der Waals surface area contributed by atoms with Gasteiger partial charge < -0.3 is 13.9 Å². The van der Waals surface area contributed by atoms with Gasteiger partial charge in [0.15, 0.2) is 0 Å². The molecule has 0 aliphatic rings. The van der Waals surface area contributed by atoms with Crippen LogP contribution in [-0.2, 0) is 9.53 Å². The Morgan fingerprint density at radius 3 is 2.79 bits per heavy atom. The second-order valence-electron chi connectivity index (χ2n) is 6.35.